The summed E-state index contributed by atoms with van der Waals surface area (Å²) in [5.41, 5.74) is 1.77. The van der Waals surface area contributed by atoms with E-state index in [0.29, 0.717) is 24.5 Å². The van der Waals surface area contributed by atoms with Gasteiger partial charge in [-0.05, 0) is 73.5 Å². The van der Waals surface area contributed by atoms with Crippen molar-refractivity contribution in [2.45, 2.75) is 25.8 Å². The zero-order valence-corrected chi connectivity index (χ0v) is 18.3. The van der Waals surface area contributed by atoms with E-state index < -0.39 is 0 Å². The Labute approximate surface area is 184 Å². The minimum absolute atomic E-state index is 0.105. The summed E-state index contributed by atoms with van der Waals surface area (Å²) in [6.07, 6.45) is 2.39. The molecule has 0 saturated carbocycles. The van der Waals surface area contributed by atoms with Crippen LogP contribution < -0.4 is 14.8 Å². The van der Waals surface area contributed by atoms with E-state index in [1.807, 2.05) is 55.5 Å². The molecule has 1 heterocycles. The molecule has 0 radical (unpaired) electrons. The van der Waals surface area contributed by atoms with Crippen LogP contribution in [0.1, 0.15) is 41.7 Å². The highest BCUT2D eigenvalue weighted by atomic mass is 16.5. The number of fused-ring (bicyclic) bond motifs is 1. The van der Waals surface area contributed by atoms with Gasteiger partial charge in [0.25, 0.3) is 5.91 Å². The molecule has 1 unspecified atom stereocenters. The Hall–Kier alpha value is -3.05. The maximum absolute atomic E-state index is 13.2. The third-order valence-electron chi connectivity index (χ3n) is 5.93. The molecule has 1 aliphatic rings. The summed E-state index contributed by atoms with van der Waals surface area (Å²) in [5.74, 6) is 1.36. The molecule has 3 aromatic carbocycles. The van der Waals surface area contributed by atoms with Gasteiger partial charge in [0.15, 0.2) is 0 Å². The predicted octanol–water partition coefficient (Wildman–Crippen LogP) is 4.81. The first-order valence-corrected chi connectivity index (χ1v) is 11.0. The standard InChI is InChI=1S/C26H30N2O3/c1-3-31-25-17-21-9-5-4-8-20(21)16-23(25)26(29)27-18-24(28-14-6-7-15-28)19-10-12-22(30-2)13-11-19/h4-5,8-13,16-17,24H,3,6-7,14-15,18H2,1-2H3,(H,27,29). The molecule has 1 fully saturated rings. The molecule has 0 bridgehead atoms. The van der Waals surface area contributed by atoms with Crippen LogP contribution >= 0.6 is 0 Å². The fourth-order valence-electron chi connectivity index (χ4n) is 4.29. The Morgan fingerprint density at radius 3 is 2.35 bits per heavy atom. The van der Waals surface area contributed by atoms with Crippen molar-refractivity contribution in [3.63, 3.8) is 0 Å². The summed E-state index contributed by atoms with van der Waals surface area (Å²) in [4.78, 5) is 15.7. The minimum Gasteiger partial charge on any atom is -0.497 e. The Bertz CT molecular complexity index is 1030. The Balaban J connectivity index is 1.56. The lowest BCUT2D eigenvalue weighted by atomic mass is 10.0. The molecule has 1 atom stereocenters. The third-order valence-corrected chi connectivity index (χ3v) is 5.93. The van der Waals surface area contributed by atoms with Crippen molar-refractivity contribution in [3.8, 4) is 11.5 Å². The molecule has 1 saturated heterocycles. The van der Waals surface area contributed by atoms with Gasteiger partial charge in [-0.25, -0.2) is 0 Å². The molecule has 0 aromatic heterocycles. The van der Waals surface area contributed by atoms with Crippen LogP contribution in [0, 0.1) is 0 Å². The largest absolute Gasteiger partial charge is 0.497 e. The molecule has 1 N–H and O–H groups in total. The fraction of sp³-hybridized carbons (Fsp3) is 0.346. The molecule has 0 spiro atoms. The van der Waals surface area contributed by atoms with Crippen molar-refractivity contribution in [3.05, 3.63) is 71.8 Å². The van der Waals surface area contributed by atoms with Crippen molar-refractivity contribution >= 4 is 16.7 Å². The second kappa shape index (κ2) is 9.84. The van der Waals surface area contributed by atoms with E-state index in [9.17, 15) is 4.79 Å². The van der Waals surface area contributed by atoms with Gasteiger partial charge in [-0.1, -0.05) is 36.4 Å². The van der Waals surface area contributed by atoms with Crippen LogP contribution in [0.25, 0.3) is 10.8 Å². The maximum Gasteiger partial charge on any atom is 0.255 e. The van der Waals surface area contributed by atoms with Gasteiger partial charge < -0.3 is 14.8 Å². The van der Waals surface area contributed by atoms with E-state index in [-0.39, 0.29) is 11.9 Å². The number of carbonyl (C=O) groups excluding carboxylic acids is 1. The van der Waals surface area contributed by atoms with Gasteiger partial charge in [0.2, 0.25) is 0 Å². The van der Waals surface area contributed by atoms with E-state index in [1.54, 1.807) is 7.11 Å². The number of nitrogens with one attached hydrogen (secondary N) is 1. The first-order valence-electron chi connectivity index (χ1n) is 11.0. The highest BCUT2D eigenvalue weighted by Crippen LogP contribution is 2.28. The highest BCUT2D eigenvalue weighted by molar-refractivity contribution is 6.01. The number of nitrogens with zero attached hydrogens (tertiary/aromatic N) is 1. The molecule has 5 heteroatoms. The molecule has 31 heavy (non-hydrogen) atoms. The van der Waals surface area contributed by atoms with E-state index in [0.717, 1.165) is 29.6 Å². The zero-order valence-electron chi connectivity index (χ0n) is 18.3. The quantitative estimate of drug-likeness (QED) is 0.570. The molecular weight excluding hydrogens is 388 g/mol. The lowest BCUT2D eigenvalue weighted by Gasteiger charge is -2.28. The van der Waals surface area contributed by atoms with Crippen LogP contribution in [-0.2, 0) is 0 Å². The van der Waals surface area contributed by atoms with Crippen molar-refractivity contribution in [2.75, 3.05) is 33.4 Å². The molecule has 4 rings (SSSR count). The number of hydrogen-bond donors (Lipinski definition) is 1. The van der Waals surface area contributed by atoms with Crippen molar-refractivity contribution < 1.29 is 14.3 Å². The summed E-state index contributed by atoms with van der Waals surface area (Å²) in [7, 11) is 1.67. The van der Waals surface area contributed by atoms with Gasteiger partial charge >= 0.3 is 0 Å². The Kier molecular flexibility index (Phi) is 6.73. The number of benzene rings is 3. The summed E-state index contributed by atoms with van der Waals surface area (Å²) in [6.45, 7) is 5.09. The average molecular weight is 419 g/mol. The normalized spacial score (nSPS) is 15.0. The van der Waals surface area contributed by atoms with Crippen LogP contribution in [0.15, 0.2) is 60.7 Å². The fourth-order valence-corrected chi connectivity index (χ4v) is 4.29. The third kappa shape index (κ3) is 4.83. The number of methoxy groups -OCH3 is 1. The molecule has 162 valence electrons. The maximum atomic E-state index is 13.2. The van der Waals surface area contributed by atoms with Crippen LogP contribution in [0.2, 0.25) is 0 Å². The van der Waals surface area contributed by atoms with Crippen molar-refractivity contribution in [1.82, 2.24) is 10.2 Å². The van der Waals surface area contributed by atoms with Gasteiger partial charge in [-0.15, -0.1) is 0 Å². The van der Waals surface area contributed by atoms with Crippen LogP contribution in [0.4, 0.5) is 0 Å². The monoisotopic (exact) mass is 418 g/mol. The number of amides is 1. The summed E-state index contributed by atoms with van der Waals surface area (Å²) < 4.78 is 11.1. The van der Waals surface area contributed by atoms with Gasteiger partial charge in [0, 0.05) is 6.54 Å². The second-order valence-electron chi connectivity index (χ2n) is 7.87. The molecular formula is C26H30N2O3. The second-order valence-corrected chi connectivity index (χ2v) is 7.87. The average Bonchev–Trinajstić information content (AvgIpc) is 3.34. The van der Waals surface area contributed by atoms with Gasteiger partial charge in [-0.2, -0.15) is 0 Å². The first-order chi connectivity index (χ1) is 15.2. The number of ether oxygens (including phenoxy) is 2. The van der Waals surface area contributed by atoms with Crippen molar-refractivity contribution in [2.24, 2.45) is 0 Å². The van der Waals surface area contributed by atoms with Gasteiger partial charge in [0.1, 0.15) is 11.5 Å². The van der Waals surface area contributed by atoms with Crippen LogP contribution in [0.3, 0.4) is 0 Å². The van der Waals surface area contributed by atoms with Crippen LogP contribution in [-0.4, -0.2) is 44.2 Å². The molecule has 3 aromatic rings. The predicted molar refractivity (Wildman–Crippen MR) is 124 cm³/mol. The number of carbonyl (C=O) groups is 1. The topological polar surface area (TPSA) is 50.8 Å². The van der Waals surface area contributed by atoms with Crippen LogP contribution in [0.5, 0.6) is 11.5 Å². The number of hydrogen-bond acceptors (Lipinski definition) is 4. The SMILES string of the molecule is CCOc1cc2ccccc2cc1C(=O)NCC(c1ccc(OC)cc1)N1CCCC1. The highest BCUT2D eigenvalue weighted by Gasteiger charge is 2.25. The Morgan fingerprint density at radius 1 is 1.03 bits per heavy atom. The van der Waals surface area contributed by atoms with Crippen molar-refractivity contribution in [1.29, 1.82) is 0 Å². The number of rotatable bonds is 8. The minimum atomic E-state index is -0.105. The zero-order chi connectivity index (χ0) is 21.6. The summed E-state index contributed by atoms with van der Waals surface area (Å²) in [5, 5.41) is 5.27. The smallest absolute Gasteiger partial charge is 0.255 e. The van der Waals surface area contributed by atoms with E-state index in [2.05, 4.69) is 22.3 Å². The van der Waals surface area contributed by atoms with E-state index >= 15 is 0 Å². The van der Waals surface area contributed by atoms with E-state index in [4.69, 9.17) is 9.47 Å². The van der Waals surface area contributed by atoms with E-state index in [1.165, 1.54) is 18.4 Å². The first kappa shape index (κ1) is 21.2. The lowest BCUT2D eigenvalue weighted by Crippen LogP contribution is -2.37. The summed E-state index contributed by atoms with van der Waals surface area (Å²) in [6, 6.07) is 20.2. The van der Waals surface area contributed by atoms with Gasteiger partial charge in [-0.3, -0.25) is 9.69 Å². The molecule has 5 nitrogen and oxygen atoms in total. The Morgan fingerprint density at radius 2 is 1.71 bits per heavy atom. The summed E-state index contributed by atoms with van der Waals surface area (Å²) >= 11 is 0. The molecule has 1 aliphatic heterocycles. The lowest BCUT2D eigenvalue weighted by molar-refractivity contribution is 0.0934. The number of likely N-dealkylation sites (tertiary alicyclic amines) is 1. The van der Waals surface area contributed by atoms with Gasteiger partial charge in [0.05, 0.1) is 25.3 Å². The molecule has 1 amide bonds. The molecule has 0 aliphatic carbocycles.